The Labute approximate surface area is 287 Å². The van der Waals surface area contributed by atoms with Crippen LogP contribution in [0.5, 0.6) is 0 Å². The van der Waals surface area contributed by atoms with E-state index < -0.39 is 0 Å². The molecule has 2 heterocycles. The van der Waals surface area contributed by atoms with E-state index >= 15 is 0 Å². The van der Waals surface area contributed by atoms with Crippen LogP contribution in [0, 0.1) is 34.0 Å². The van der Waals surface area contributed by atoms with Crippen LogP contribution in [0.1, 0.15) is 16.7 Å². The van der Waals surface area contributed by atoms with E-state index in [0.29, 0.717) is 16.7 Å². The molecule has 5 heteroatoms. The van der Waals surface area contributed by atoms with Crippen LogP contribution in [-0.2, 0) is 0 Å². The molecule has 0 unspecified atom stereocenters. The zero-order valence-corrected chi connectivity index (χ0v) is 26.7. The summed E-state index contributed by atoms with van der Waals surface area (Å²) in [7, 11) is 0. The molecule has 0 aliphatic heterocycles. The van der Waals surface area contributed by atoms with E-state index in [1.807, 2.05) is 72.8 Å². The Hall–Kier alpha value is -7.39. The molecule has 50 heavy (non-hydrogen) atoms. The summed E-state index contributed by atoms with van der Waals surface area (Å²) in [4.78, 5) is 0. The molecule has 5 nitrogen and oxygen atoms in total. The van der Waals surface area contributed by atoms with Gasteiger partial charge in [0.2, 0.25) is 0 Å². The molecule has 0 saturated carbocycles. The highest BCUT2D eigenvalue weighted by molar-refractivity contribution is 6.11. The Balaban J connectivity index is 1.31. The van der Waals surface area contributed by atoms with Crippen LogP contribution in [0.25, 0.3) is 77.2 Å². The normalized spacial score (nSPS) is 11.1. The van der Waals surface area contributed by atoms with Crippen molar-refractivity contribution in [3.63, 3.8) is 0 Å². The Morgan fingerprint density at radius 3 is 1.56 bits per heavy atom. The van der Waals surface area contributed by atoms with Gasteiger partial charge in [-0.3, -0.25) is 0 Å². The quantitative estimate of drug-likeness (QED) is 0.193. The predicted octanol–water partition coefficient (Wildman–Crippen LogP) is 10.8. The lowest BCUT2D eigenvalue weighted by Gasteiger charge is -2.18. The standard InChI is InChI=1S/C45H25N5/c46-26-29-17-21-33(38(23-29)36-11-3-7-15-42(36)49-40-13-5-1-9-34(40)35-10-2-6-14-41(35)49)31-19-20-32(28-48)45(25-31)50-43-16-8-4-12-37(43)39-24-30(27-47)18-22-44(39)50/h1-25H. The summed E-state index contributed by atoms with van der Waals surface area (Å²) in [6, 6.07) is 57.8. The average molecular weight is 636 g/mol. The summed E-state index contributed by atoms with van der Waals surface area (Å²) in [6.07, 6.45) is 0. The number of fused-ring (bicyclic) bond motifs is 6. The Morgan fingerprint density at radius 2 is 0.900 bits per heavy atom. The van der Waals surface area contributed by atoms with Crippen LogP contribution < -0.4 is 0 Å². The van der Waals surface area contributed by atoms with E-state index in [9.17, 15) is 15.8 Å². The van der Waals surface area contributed by atoms with Crippen molar-refractivity contribution in [2.75, 3.05) is 0 Å². The van der Waals surface area contributed by atoms with Gasteiger partial charge in [0.1, 0.15) is 6.07 Å². The van der Waals surface area contributed by atoms with Crippen LogP contribution in [0.4, 0.5) is 0 Å². The first kappa shape index (κ1) is 28.8. The fourth-order valence-corrected chi connectivity index (χ4v) is 7.45. The molecule has 0 aliphatic carbocycles. The van der Waals surface area contributed by atoms with Crippen molar-refractivity contribution in [1.29, 1.82) is 15.8 Å². The third-order valence-corrected chi connectivity index (χ3v) is 9.64. The molecule has 2 aromatic heterocycles. The van der Waals surface area contributed by atoms with Gasteiger partial charge in [0.05, 0.1) is 62.3 Å². The number of nitriles is 3. The summed E-state index contributed by atoms with van der Waals surface area (Å²) in [6.45, 7) is 0. The second-order valence-corrected chi connectivity index (χ2v) is 12.3. The zero-order valence-electron chi connectivity index (χ0n) is 26.7. The van der Waals surface area contributed by atoms with Crippen molar-refractivity contribution in [3.8, 4) is 51.8 Å². The van der Waals surface area contributed by atoms with Gasteiger partial charge < -0.3 is 9.13 Å². The molecular weight excluding hydrogens is 611 g/mol. The highest BCUT2D eigenvalue weighted by atomic mass is 15.0. The molecule has 0 aliphatic rings. The molecule has 0 fully saturated rings. The van der Waals surface area contributed by atoms with Gasteiger partial charge in [-0.05, 0) is 83.4 Å². The van der Waals surface area contributed by atoms with Crippen molar-refractivity contribution >= 4 is 43.6 Å². The smallest absolute Gasteiger partial charge is 0.101 e. The topological polar surface area (TPSA) is 81.2 Å². The van der Waals surface area contributed by atoms with Crippen molar-refractivity contribution < 1.29 is 0 Å². The second kappa shape index (κ2) is 11.4. The monoisotopic (exact) mass is 635 g/mol. The molecule has 9 rings (SSSR count). The molecule has 0 N–H and O–H groups in total. The first-order valence-electron chi connectivity index (χ1n) is 16.3. The van der Waals surface area contributed by atoms with Gasteiger partial charge >= 0.3 is 0 Å². The lowest BCUT2D eigenvalue weighted by atomic mass is 9.91. The van der Waals surface area contributed by atoms with E-state index in [-0.39, 0.29) is 0 Å². The molecular formula is C45H25N5. The number of nitrogens with zero attached hydrogens (tertiary/aromatic N) is 5. The maximum absolute atomic E-state index is 10.4. The number of benzene rings is 7. The minimum Gasteiger partial charge on any atom is -0.309 e. The van der Waals surface area contributed by atoms with Gasteiger partial charge in [-0.25, -0.2) is 0 Å². The highest BCUT2D eigenvalue weighted by Gasteiger charge is 2.20. The summed E-state index contributed by atoms with van der Waals surface area (Å²) in [5.74, 6) is 0. The molecule has 0 amide bonds. The molecule has 230 valence electrons. The molecule has 7 aromatic carbocycles. The predicted molar refractivity (Wildman–Crippen MR) is 200 cm³/mol. The summed E-state index contributed by atoms with van der Waals surface area (Å²) >= 11 is 0. The van der Waals surface area contributed by atoms with Crippen molar-refractivity contribution in [2.24, 2.45) is 0 Å². The third kappa shape index (κ3) is 4.31. The highest BCUT2D eigenvalue weighted by Crippen LogP contribution is 2.41. The molecule has 0 radical (unpaired) electrons. The van der Waals surface area contributed by atoms with Gasteiger partial charge in [-0.2, -0.15) is 15.8 Å². The van der Waals surface area contributed by atoms with Crippen LogP contribution in [0.2, 0.25) is 0 Å². The minimum absolute atomic E-state index is 0.529. The summed E-state index contributed by atoms with van der Waals surface area (Å²) in [5.41, 5.74) is 11.2. The van der Waals surface area contributed by atoms with Crippen LogP contribution in [0.3, 0.4) is 0 Å². The maximum Gasteiger partial charge on any atom is 0.101 e. The summed E-state index contributed by atoms with van der Waals surface area (Å²) < 4.78 is 4.42. The first-order chi connectivity index (χ1) is 24.7. The zero-order chi connectivity index (χ0) is 33.8. The number of para-hydroxylation sites is 4. The van der Waals surface area contributed by atoms with Gasteiger partial charge in [0, 0.05) is 27.1 Å². The Morgan fingerprint density at radius 1 is 0.360 bits per heavy atom. The molecule has 0 atom stereocenters. The second-order valence-electron chi connectivity index (χ2n) is 12.3. The first-order valence-corrected chi connectivity index (χ1v) is 16.3. The van der Waals surface area contributed by atoms with Gasteiger partial charge in [0.25, 0.3) is 0 Å². The van der Waals surface area contributed by atoms with E-state index in [0.717, 1.165) is 66.5 Å². The number of aromatic nitrogens is 2. The Bertz CT molecular complexity index is 2920. The fraction of sp³-hybridized carbons (Fsp3) is 0. The largest absolute Gasteiger partial charge is 0.309 e. The lowest BCUT2D eigenvalue weighted by molar-refractivity contribution is 1.17. The SMILES string of the molecule is N#Cc1ccc(-c2ccc(C#N)c(-n3c4ccccc4c4cc(C#N)ccc43)c2)c(-c2ccccc2-n2c3ccccc3c3ccccc32)c1. The van der Waals surface area contributed by atoms with Gasteiger partial charge in [0.15, 0.2) is 0 Å². The fourth-order valence-electron chi connectivity index (χ4n) is 7.45. The van der Waals surface area contributed by atoms with Crippen LogP contribution in [0.15, 0.2) is 152 Å². The van der Waals surface area contributed by atoms with Crippen molar-refractivity contribution in [3.05, 3.63) is 168 Å². The molecule has 0 spiro atoms. The number of hydrogen-bond acceptors (Lipinski definition) is 3. The molecule has 9 aromatic rings. The van der Waals surface area contributed by atoms with E-state index in [1.54, 1.807) is 0 Å². The third-order valence-electron chi connectivity index (χ3n) is 9.64. The average Bonchev–Trinajstić information content (AvgIpc) is 3.70. The number of rotatable bonds is 4. The Kier molecular flexibility index (Phi) is 6.56. The van der Waals surface area contributed by atoms with Gasteiger partial charge in [-0.15, -0.1) is 0 Å². The van der Waals surface area contributed by atoms with Crippen LogP contribution in [-0.4, -0.2) is 9.13 Å². The lowest BCUT2D eigenvalue weighted by Crippen LogP contribution is -2.00. The minimum atomic E-state index is 0.529. The van der Waals surface area contributed by atoms with Gasteiger partial charge in [-0.1, -0.05) is 84.9 Å². The van der Waals surface area contributed by atoms with Crippen LogP contribution >= 0.6 is 0 Å². The maximum atomic E-state index is 10.4. The molecule has 0 saturated heterocycles. The molecule has 0 bridgehead atoms. The van der Waals surface area contributed by atoms with E-state index in [2.05, 4.69) is 106 Å². The van der Waals surface area contributed by atoms with Crippen molar-refractivity contribution in [2.45, 2.75) is 0 Å². The summed E-state index contributed by atoms with van der Waals surface area (Å²) in [5, 5.41) is 34.4. The van der Waals surface area contributed by atoms with E-state index in [4.69, 9.17) is 0 Å². The van der Waals surface area contributed by atoms with E-state index in [1.165, 1.54) is 10.8 Å². The number of hydrogen-bond donors (Lipinski definition) is 0. The van der Waals surface area contributed by atoms with Crippen molar-refractivity contribution in [1.82, 2.24) is 9.13 Å².